The van der Waals surface area contributed by atoms with Crippen LogP contribution in [0.15, 0.2) is 16.9 Å². The Morgan fingerprint density at radius 2 is 2.27 bits per heavy atom. The molecule has 2 nitrogen and oxygen atoms in total. The van der Waals surface area contributed by atoms with Crippen molar-refractivity contribution in [3.05, 3.63) is 22.4 Å². The van der Waals surface area contributed by atoms with Crippen LogP contribution in [0.1, 0.15) is 25.5 Å². The minimum absolute atomic E-state index is 0.490. The normalized spacial score (nSPS) is 11.0. The summed E-state index contributed by atoms with van der Waals surface area (Å²) in [6.45, 7) is 4.90. The second kappa shape index (κ2) is 3.41. The summed E-state index contributed by atoms with van der Waals surface area (Å²) in [5, 5.41) is 0. The molecule has 0 unspecified atom stereocenters. The number of aromatic nitrogens is 1. The van der Waals surface area contributed by atoms with Crippen LogP contribution < -0.4 is 5.73 Å². The lowest BCUT2D eigenvalue weighted by atomic mass is 10.3. The maximum absolute atomic E-state index is 5.50. The van der Waals surface area contributed by atoms with E-state index in [1.807, 2.05) is 0 Å². The van der Waals surface area contributed by atoms with Crippen molar-refractivity contribution in [3.8, 4) is 0 Å². The third kappa shape index (κ3) is 1.84. The molecule has 1 aromatic heterocycles. The van der Waals surface area contributed by atoms with Crippen molar-refractivity contribution < 1.29 is 0 Å². The highest BCUT2D eigenvalue weighted by molar-refractivity contribution is 9.10. The molecule has 62 valence electrons. The lowest BCUT2D eigenvalue weighted by Crippen LogP contribution is -1.99. The zero-order chi connectivity index (χ0) is 8.43. The lowest BCUT2D eigenvalue weighted by molar-refractivity contribution is 0.591. The fourth-order valence-corrected chi connectivity index (χ4v) is 1.82. The molecular formula is C8H13BrN2. The van der Waals surface area contributed by atoms with Gasteiger partial charge in [0.1, 0.15) is 0 Å². The van der Waals surface area contributed by atoms with Gasteiger partial charge in [0.05, 0.1) is 4.60 Å². The number of nitrogens with zero attached hydrogens (tertiary/aromatic N) is 1. The van der Waals surface area contributed by atoms with Crippen molar-refractivity contribution in [2.24, 2.45) is 5.73 Å². The molecule has 0 aliphatic rings. The van der Waals surface area contributed by atoms with Crippen LogP contribution in [-0.2, 0) is 6.54 Å². The van der Waals surface area contributed by atoms with E-state index >= 15 is 0 Å². The van der Waals surface area contributed by atoms with E-state index in [1.165, 1.54) is 5.56 Å². The van der Waals surface area contributed by atoms with Gasteiger partial charge in [-0.2, -0.15) is 0 Å². The molecule has 1 aromatic rings. The fraction of sp³-hybridized carbons (Fsp3) is 0.500. The van der Waals surface area contributed by atoms with E-state index < -0.39 is 0 Å². The standard InChI is InChI=1S/C8H13BrN2/c1-6(2)11-5-7(4-10)3-8(11)9/h3,5-6H,4,10H2,1-2H3. The van der Waals surface area contributed by atoms with Gasteiger partial charge < -0.3 is 10.3 Å². The minimum atomic E-state index is 0.490. The third-order valence-corrected chi connectivity index (χ3v) is 2.29. The maximum atomic E-state index is 5.50. The van der Waals surface area contributed by atoms with Crippen molar-refractivity contribution in [2.75, 3.05) is 0 Å². The first-order valence-corrected chi connectivity index (χ1v) is 4.50. The highest BCUT2D eigenvalue weighted by Crippen LogP contribution is 2.19. The van der Waals surface area contributed by atoms with Crippen LogP contribution in [0, 0.1) is 0 Å². The van der Waals surface area contributed by atoms with E-state index in [1.54, 1.807) is 0 Å². The molecule has 0 aliphatic carbocycles. The lowest BCUT2D eigenvalue weighted by Gasteiger charge is -2.07. The summed E-state index contributed by atoms with van der Waals surface area (Å²) in [6.07, 6.45) is 2.08. The average Bonchev–Trinajstić information content (AvgIpc) is 2.30. The van der Waals surface area contributed by atoms with E-state index in [0.29, 0.717) is 12.6 Å². The van der Waals surface area contributed by atoms with E-state index in [-0.39, 0.29) is 0 Å². The molecule has 0 atom stereocenters. The molecule has 3 heteroatoms. The van der Waals surface area contributed by atoms with E-state index in [4.69, 9.17) is 5.73 Å². The van der Waals surface area contributed by atoms with Crippen LogP contribution >= 0.6 is 15.9 Å². The molecule has 0 aromatic carbocycles. The predicted octanol–water partition coefficient (Wildman–Crippen LogP) is 2.29. The number of hydrogen-bond donors (Lipinski definition) is 1. The molecule has 2 N–H and O–H groups in total. The van der Waals surface area contributed by atoms with Crippen LogP contribution in [0.25, 0.3) is 0 Å². The van der Waals surface area contributed by atoms with Gasteiger partial charge in [-0.1, -0.05) is 0 Å². The summed E-state index contributed by atoms with van der Waals surface area (Å²) < 4.78 is 3.26. The molecular weight excluding hydrogens is 204 g/mol. The average molecular weight is 217 g/mol. The van der Waals surface area contributed by atoms with E-state index in [2.05, 4.69) is 46.6 Å². The molecule has 1 heterocycles. The summed E-state index contributed by atoms with van der Waals surface area (Å²) in [5.74, 6) is 0. The van der Waals surface area contributed by atoms with Crippen molar-refractivity contribution >= 4 is 15.9 Å². The first-order chi connectivity index (χ1) is 5.15. The highest BCUT2D eigenvalue weighted by Gasteiger charge is 2.03. The van der Waals surface area contributed by atoms with Gasteiger partial charge in [-0.25, -0.2) is 0 Å². The highest BCUT2D eigenvalue weighted by atomic mass is 79.9. The van der Waals surface area contributed by atoms with Crippen molar-refractivity contribution in [3.63, 3.8) is 0 Å². The van der Waals surface area contributed by atoms with Gasteiger partial charge in [-0.05, 0) is 41.4 Å². The summed E-state index contributed by atoms with van der Waals surface area (Å²) >= 11 is 3.47. The molecule has 0 radical (unpaired) electrons. The number of halogens is 1. The number of hydrogen-bond acceptors (Lipinski definition) is 1. The van der Waals surface area contributed by atoms with Crippen LogP contribution in [0.4, 0.5) is 0 Å². The van der Waals surface area contributed by atoms with Crippen LogP contribution in [0.3, 0.4) is 0 Å². The second-order valence-corrected chi connectivity index (χ2v) is 3.69. The molecule has 0 amide bonds. The van der Waals surface area contributed by atoms with Gasteiger partial charge >= 0.3 is 0 Å². The molecule has 0 aliphatic heterocycles. The van der Waals surface area contributed by atoms with Crippen molar-refractivity contribution in [1.29, 1.82) is 0 Å². The Labute approximate surface area is 75.5 Å². The number of rotatable bonds is 2. The molecule has 1 rings (SSSR count). The summed E-state index contributed by atoms with van der Waals surface area (Å²) in [4.78, 5) is 0. The molecule has 11 heavy (non-hydrogen) atoms. The maximum Gasteiger partial charge on any atom is 0.0852 e. The monoisotopic (exact) mass is 216 g/mol. The minimum Gasteiger partial charge on any atom is -0.340 e. The number of nitrogens with two attached hydrogens (primary N) is 1. The van der Waals surface area contributed by atoms with Crippen LogP contribution in [0.2, 0.25) is 0 Å². The smallest absolute Gasteiger partial charge is 0.0852 e. The third-order valence-electron chi connectivity index (χ3n) is 1.65. The second-order valence-electron chi connectivity index (χ2n) is 2.88. The first-order valence-electron chi connectivity index (χ1n) is 3.71. The Kier molecular flexibility index (Phi) is 2.73. The predicted molar refractivity (Wildman–Crippen MR) is 50.4 cm³/mol. The fourth-order valence-electron chi connectivity index (χ4n) is 1.01. The van der Waals surface area contributed by atoms with Crippen LogP contribution in [0.5, 0.6) is 0 Å². The molecule has 0 bridgehead atoms. The summed E-state index contributed by atoms with van der Waals surface area (Å²) in [6, 6.07) is 2.55. The largest absolute Gasteiger partial charge is 0.340 e. The van der Waals surface area contributed by atoms with E-state index in [9.17, 15) is 0 Å². The molecule has 0 saturated heterocycles. The van der Waals surface area contributed by atoms with Gasteiger partial charge in [0.25, 0.3) is 0 Å². The quantitative estimate of drug-likeness (QED) is 0.809. The summed E-state index contributed by atoms with van der Waals surface area (Å²) in [7, 11) is 0. The Bertz CT molecular complexity index is 240. The first kappa shape index (κ1) is 8.81. The molecule has 0 spiro atoms. The van der Waals surface area contributed by atoms with Gasteiger partial charge in [0, 0.05) is 18.8 Å². The van der Waals surface area contributed by atoms with Gasteiger partial charge in [-0.15, -0.1) is 0 Å². The van der Waals surface area contributed by atoms with Crippen molar-refractivity contribution in [2.45, 2.75) is 26.4 Å². The Balaban J connectivity index is 2.97. The molecule has 0 saturated carbocycles. The zero-order valence-corrected chi connectivity index (χ0v) is 8.43. The topological polar surface area (TPSA) is 30.9 Å². The van der Waals surface area contributed by atoms with Crippen LogP contribution in [-0.4, -0.2) is 4.57 Å². The Morgan fingerprint density at radius 1 is 1.64 bits per heavy atom. The zero-order valence-electron chi connectivity index (χ0n) is 6.84. The van der Waals surface area contributed by atoms with Gasteiger partial charge in [-0.3, -0.25) is 0 Å². The van der Waals surface area contributed by atoms with Crippen molar-refractivity contribution in [1.82, 2.24) is 4.57 Å². The van der Waals surface area contributed by atoms with E-state index in [0.717, 1.165) is 4.60 Å². The SMILES string of the molecule is CC(C)n1cc(CN)cc1Br. The van der Waals surface area contributed by atoms with Gasteiger partial charge in [0.2, 0.25) is 0 Å². The Morgan fingerprint density at radius 3 is 2.55 bits per heavy atom. The van der Waals surface area contributed by atoms with Gasteiger partial charge in [0.15, 0.2) is 0 Å². The summed E-state index contributed by atoms with van der Waals surface area (Å²) in [5.41, 5.74) is 6.67. The molecule has 0 fully saturated rings. The Hall–Kier alpha value is -0.280.